The van der Waals surface area contributed by atoms with Crippen LogP contribution in [0.5, 0.6) is 11.5 Å². The first-order valence-electron chi connectivity index (χ1n) is 10.4. The van der Waals surface area contributed by atoms with Crippen LogP contribution in [0.2, 0.25) is 0 Å². The molecule has 1 unspecified atom stereocenters. The summed E-state index contributed by atoms with van der Waals surface area (Å²) in [6.07, 6.45) is 1.92. The van der Waals surface area contributed by atoms with Gasteiger partial charge in [0.05, 0.1) is 30.5 Å². The van der Waals surface area contributed by atoms with E-state index in [1.165, 1.54) is 27.3 Å². The van der Waals surface area contributed by atoms with E-state index >= 15 is 0 Å². The molecule has 3 aromatic carbocycles. The summed E-state index contributed by atoms with van der Waals surface area (Å²) < 4.78 is 11.3. The molecule has 1 atom stereocenters. The Balaban J connectivity index is 1.57. The first-order valence-corrected chi connectivity index (χ1v) is 11.4. The first kappa shape index (κ1) is 19.3. The molecule has 0 saturated carbocycles. The van der Waals surface area contributed by atoms with Gasteiger partial charge in [0.1, 0.15) is 11.5 Å². The smallest absolute Gasteiger partial charge is 0.119 e. The maximum absolute atomic E-state index is 5.77. The van der Waals surface area contributed by atoms with Crippen molar-refractivity contribution in [3.63, 3.8) is 0 Å². The highest BCUT2D eigenvalue weighted by molar-refractivity contribution is 7.99. The molecule has 0 aliphatic carbocycles. The van der Waals surface area contributed by atoms with Crippen molar-refractivity contribution in [2.75, 3.05) is 19.5 Å². The lowest BCUT2D eigenvalue weighted by Crippen LogP contribution is -2.41. The summed E-state index contributed by atoms with van der Waals surface area (Å²) in [5.74, 6) is 2.79. The van der Waals surface area contributed by atoms with Gasteiger partial charge in [0.15, 0.2) is 0 Å². The van der Waals surface area contributed by atoms with Gasteiger partial charge in [0.25, 0.3) is 0 Å². The Morgan fingerprint density at radius 2 is 1.80 bits per heavy atom. The zero-order valence-electron chi connectivity index (χ0n) is 17.4. The van der Waals surface area contributed by atoms with Crippen LogP contribution in [-0.2, 0) is 11.8 Å². The van der Waals surface area contributed by atoms with E-state index < -0.39 is 0 Å². The molecular weight excluding hydrogens is 390 g/mol. The average Bonchev–Trinajstić information content (AvgIpc) is 3.12. The summed E-state index contributed by atoms with van der Waals surface area (Å²) >= 11 is 1.93. The lowest BCUT2D eigenvalue weighted by molar-refractivity contribution is 0.317. The summed E-state index contributed by atoms with van der Waals surface area (Å²) in [6, 6.07) is 23.5. The van der Waals surface area contributed by atoms with Gasteiger partial charge in [-0.3, -0.25) is 4.99 Å². The summed E-state index contributed by atoms with van der Waals surface area (Å²) in [6.45, 7) is 2.87. The van der Waals surface area contributed by atoms with Gasteiger partial charge in [0.2, 0.25) is 0 Å². The van der Waals surface area contributed by atoms with Crippen molar-refractivity contribution >= 4 is 23.2 Å². The average molecular weight is 416 g/mol. The van der Waals surface area contributed by atoms with E-state index in [1.54, 1.807) is 7.11 Å². The number of hydrogen-bond acceptors (Lipinski definition) is 4. The lowest BCUT2D eigenvalue weighted by atomic mass is 9.72. The predicted octanol–water partition coefficient (Wildman–Crippen LogP) is 6.20. The first-order chi connectivity index (χ1) is 14.7. The summed E-state index contributed by atoms with van der Waals surface area (Å²) in [7, 11) is 1.73. The van der Waals surface area contributed by atoms with E-state index in [9.17, 15) is 0 Å². The van der Waals surface area contributed by atoms with Crippen LogP contribution in [0.3, 0.4) is 0 Å². The van der Waals surface area contributed by atoms with Gasteiger partial charge in [-0.15, -0.1) is 11.8 Å². The second-order valence-electron chi connectivity index (χ2n) is 7.88. The zero-order chi connectivity index (χ0) is 20.6. The number of thioether (sulfide) groups is 1. The molecule has 2 heterocycles. The Bertz CT molecular complexity index is 1110. The molecule has 0 saturated heterocycles. The number of hydrogen-bond donors (Lipinski definition) is 0. The third-order valence-electron chi connectivity index (χ3n) is 5.92. The van der Waals surface area contributed by atoms with Crippen molar-refractivity contribution in [3.05, 3.63) is 83.4 Å². The van der Waals surface area contributed by atoms with Crippen LogP contribution < -0.4 is 9.47 Å². The van der Waals surface area contributed by atoms with Gasteiger partial charge >= 0.3 is 0 Å². The summed E-state index contributed by atoms with van der Waals surface area (Å²) in [5, 5.41) is 0. The minimum absolute atomic E-state index is 0.158. The fraction of sp³-hybridized carbons (Fsp3) is 0.269. The molecule has 0 amide bonds. The van der Waals surface area contributed by atoms with Crippen LogP contribution in [0, 0.1) is 0 Å². The Hall–Kier alpha value is -2.72. The number of aliphatic imine (C=N–C) groups is 1. The second-order valence-corrected chi connectivity index (χ2v) is 8.90. The fourth-order valence-corrected chi connectivity index (χ4v) is 5.72. The van der Waals surface area contributed by atoms with Crippen LogP contribution >= 0.6 is 11.8 Å². The number of benzene rings is 3. The molecule has 2 aliphatic rings. The van der Waals surface area contributed by atoms with Gasteiger partial charge in [-0.1, -0.05) is 37.3 Å². The second kappa shape index (κ2) is 7.84. The molecule has 0 spiro atoms. The molecule has 0 bridgehead atoms. The van der Waals surface area contributed by atoms with Crippen molar-refractivity contribution in [2.45, 2.75) is 30.1 Å². The van der Waals surface area contributed by atoms with Crippen LogP contribution in [-0.4, -0.2) is 25.2 Å². The van der Waals surface area contributed by atoms with Crippen molar-refractivity contribution in [3.8, 4) is 11.5 Å². The van der Waals surface area contributed by atoms with E-state index in [0.29, 0.717) is 0 Å². The Morgan fingerprint density at radius 1 is 1.00 bits per heavy atom. The molecule has 0 fully saturated rings. The van der Waals surface area contributed by atoms with Gasteiger partial charge in [-0.05, 0) is 60.4 Å². The monoisotopic (exact) mass is 415 g/mol. The Labute approximate surface area is 182 Å². The molecule has 152 valence electrons. The predicted molar refractivity (Wildman–Crippen MR) is 124 cm³/mol. The van der Waals surface area contributed by atoms with Crippen molar-refractivity contribution < 1.29 is 9.47 Å². The largest absolute Gasteiger partial charge is 0.497 e. The van der Waals surface area contributed by atoms with Gasteiger partial charge in [-0.25, -0.2) is 0 Å². The highest BCUT2D eigenvalue weighted by atomic mass is 32.2. The topological polar surface area (TPSA) is 30.8 Å². The number of methoxy groups -OCH3 is 1. The number of rotatable bonds is 6. The molecule has 0 aromatic heterocycles. The molecular formula is C26H25NO2S. The van der Waals surface area contributed by atoms with E-state index in [-0.39, 0.29) is 5.41 Å². The van der Waals surface area contributed by atoms with Crippen molar-refractivity contribution in [1.29, 1.82) is 0 Å². The normalized spacial score (nSPS) is 18.8. The fourth-order valence-electron chi connectivity index (χ4n) is 4.43. The van der Waals surface area contributed by atoms with E-state index in [1.807, 2.05) is 17.8 Å². The molecule has 4 heteroatoms. The van der Waals surface area contributed by atoms with Crippen LogP contribution in [0.1, 0.15) is 30.0 Å². The molecule has 2 aliphatic heterocycles. The summed E-state index contributed by atoms with van der Waals surface area (Å²) in [4.78, 5) is 6.45. The molecule has 30 heavy (non-hydrogen) atoms. The van der Waals surface area contributed by atoms with Gasteiger partial charge in [-0.2, -0.15) is 0 Å². The SMILES string of the molecule is CCCOc1ccc(CC23CSc4ccccc4C2=Nc2ccc(OC)cc23)cc1. The molecule has 0 N–H and O–H groups in total. The minimum atomic E-state index is -0.158. The molecule has 5 rings (SSSR count). The highest BCUT2D eigenvalue weighted by Gasteiger charge is 2.47. The molecule has 3 aromatic rings. The summed E-state index contributed by atoms with van der Waals surface area (Å²) in [5.41, 5.74) is 5.91. The number of fused-ring (bicyclic) bond motifs is 5. The van der Waals surface area contributed by atoms with E-state index in [0.717, 1.165) is 42.4 Å². The van der Waals surface area contributed by atoms with Gasteiger partial charge in [0, 0.05) is 16.2 Å². The van der Waals surface area contributed by atoms with E-state index in [2.05, 4.69) is 67.6 Å². The lowest BCUT2D eigenvalue weighted by Gasteiger charge is -2.36. The van der Waals surface area contributed by atoms with Crippen LogP contribution in [0.25, 0.3) is 0 Å². The van der Waals surface area contributed by atoms with Crippen molar-refractivity contribution in [1.82, 2.24) is 0 Å². The van der Waals surface area contributed by atoms with Crippen molar-refractivity contribution in [2.24, 2.45) is 4.99 Å². The third-order valence-corrected chi connectivity index (χ3v) is 7.23. The van der Waals surface area contributed by atoms with Gasteiger partial charge < -0.3 is 9.47 Å². The quantitative estimate of drug-likeness (QED) is 0.480. The van der Waals surface area contributed by atoms with Crippen LogP contribution in [0.4, 0.5) is 5.69 Å². The zero-order valence-corrected chi connectivity index (χ0v) is 18.2. The van der Waals surface area contributed by atoms with Crippen LogP contribution in [0.15, 0.2) is 76.6 Å². The Kier molecular flexibility index (Phi) is 5.03. The minimum Gasteiger partial charge on any atom is -0.497 e. The standard InChI is InChI=1S/C26H25NO2S/c1-3-14-29-19-10-8-18(9-11-19)16-26-17-30-24-7-5-4-6-21(24)25(26)27-23-13-12-20(28-2)15-22(23)26/h4-13,15H,3,14,16-17H2,1-2H3. The maximum Gasteiger partial charge on any atom is 0.119 e. The maximum atomic E-state index is 5.77. The molecule has 0 radical (unpaired) electrons. The number of nitrogens with zero attached hydrogens (tertiary/aromatic N) is 1. The molecule has 3 nitrogen and oxygen atoms in total. The third kappa shape index (κ3) is 3.20. The van der Waals surface area contributed by atoms with E-state index in [4.69, 9.17) is 14.5 Å². The highest BCUT2D eigenvalue weighted by Crippen LogP contribution is 2.52. The Morgan fingerprint density at radius 3 is 2.60 bits per heavy atom. The number of ether oxygens (including phenoxy) is 2.